The summed E-state index contributed by atoms with van der Waals surface area (Å²) in [4.78, 5) is 38.2. The number of nitrogens with zero attached hydrogens (tertiary/aromatic N) is 3. The Morgan fingerprint density at radius 1 is 1.03 bits per heavy atom. The number of pyridine rings is 1. The number of anilines is 1. The van der Waals surface area contributed by atoms with Crippen LogP contribution in [0.25, 0.3) is 5.69 Å². The molecular weight excluding hydrogens is 488 g/mol. The Labute approximate surface area is 198 Å². The smallest absolute Gasteiger partial charge is 0.311 e. The van der Waals surface area contributed by atoms with Crippen molar-refractivity contribution in [2.75, 3.05) is 10.8 Å². The average Bonchev–Trinajstić information content (AvgIpc) is 3.45. The molecule has 2 aliphatic rings. The molecule has 2 amide bonds. The number of carbonyl (C=O) groups is 2. The zero-order valence-corrected chi connectivity index (χ0v) is 19.3. The van der Waals surface area contributed by atoms with E-state index in [4.69, 9.17) is 11.6 Å². The van der Waals surface area contributed by atoms with E-state index < -0.39 is 34.1 Å². The summed E-state index contributed by atoms with van der Waals surface area (Å²) in [6.07, 6.45) is 1.92. The number of benzene rings is 1. The predicted octanol–water partition coefficient (Wildman–Crippen LogP) is 2.02. The fraction of sp³-hybridized carbons (Fsp3) is 0.190. The number of nitrogens with one attached hydrogen (secondary N) is 1. The Hall–Kier alpha value is -2.99. The normalized spacial score (nSPS) is 21.8. The van der Waals surface area contributed by atoms with Gasteiger partial charge in [-0.15, -0.1) is 11.3 Å². The standard InChI is InChI=1S/C21H17ClN4O5S2/c22-17-9-8-16(32-17)20(28)23-15-10-12-25-19(15)21(29)26(33(25,30)31)14-6-4-13(5-7-14)24-11-2-1-3-18(24)27/h1-9,11,15,19H,10,12H2,(H,23,28)/t15-,19+/m1/s1. The lowest BCUT2D eigenvalue weighted by Gasteiger charge is -2.19. The molecule has 3 aromatic rings. The third-order valence-corrected chi connectivity index (χ3v) is 8.72. The van der Waals surface area contributed by atoms with Gasteiger partial charge in [-0.25, -0.2) is 0 Å². The molecular formula is C21H17ClN4O5S2. The zero-order chi connectivity index (χ0) is 23.3. The zero-order valence-electron chi connectivity index (χ0n) is 16.9. The Morgan fingerprint density at radius 2 is 1.76 bits per heavy atom. The van der Waals surface area contributed by atoms with E-state index in [0.717, 1.165) is 19.9 Å². The summed E-state index contributed by atoms with van der Waals surface area (Å²) in [5, 5.41) is 2.78. The van der Waals surface area contributed by atoms with Crippen LogP contribution in [-0.2, 0) is 15.0 Å². The molecule has 4 heterocycles. The third kappa shape index (κ3) is 3.66. The van der Waals surface area contributed by atoms with Gasteiger partial charge >= 0.3 is 10.2 Å². The highest BCUT2D eigenvalue weighted by molar-refractivity contribution is 7.91. The second kappa shape index (κ2) is 8.10. The van der Waals surface area contributed by atoms with E-state index in [-0.39, 0.29) is 17.8 Å². The van der Waals surface area contributed by atoms with Crippen molar-refractivity contribution in [1.29, 1.82) is 0 Å². The van der Waals surface area contributed by atoms with E-state index >= 15 is 0 Å². The molecule has 0 radical (unpaired) electrons. The molecule has 5 rings (SSSR count). The van der Waals surface area contributed by atoms with Crippen LogP contribution in [0, 0.1) is 0 Å². The van der Waals surface area contributed by atoms with Gasteiger partial charge in [0.2, 0.25) is 0 Å². The van der Waals surface area contributed by atoms with E-state index in [1.54, 1.807) is 42.6 Å². The number of amides is 2. The summed E-state index contributed by atoms with van der Waals surface area (Å²) in [7, 11) is -4.10. The molecule has 0 aliphatic carbocycles. The number of rotatable bonds is 4. The third-order valence-electron chi connectivity index (χ3n) is 5.63. The highest BCUT2D eigenvalue weighted by Crippen LogP contribution is 2.36. The number of halogens is 1. The van der Waals surface area contributed by atoms with E-state index in [1.165, 1.54) is 22.8 Å². The number of fused-ring (bicyclic) bond motifs is 1. The van der Waals surface area contributed by atoms with Gasteiger partial charge in [-0.05, 0) is 48.9 Å². The fourth-order valence-electron chi connectivity index (χ4n) is 4.13. The van der Waals surface area contributed by atoms with Gasteiger partial charge in [0, 0.05) is 24.5 Å². The first-order valence-electron chi connectivity index (χ1n) is 9.97. The molecule has 2 saturated heterocycles. The molecule has 2 aromatic heterocycles. The van der Waals surface area contributed by atoms with Gasteiger partial charge in [0.05, 0.1) is 20.9 Å². The van der Waals surface area contributed by atoms with Crippen LogP contribution in [-0.4, -0.2) is 47.7 Å². The maximum absolute atomic E-state index is 13.2. The Bertz CT molecular complexity index is 1420. The van der Waals surface area contributed by atoms with Gasteiger partial charge in [-0.1, -0.05) is 17.7 Å². The van der Waals surface area contributed by atoms with Crippen molar-refractivity contribution in [2.24, 2.45) is 0 Å². The van der Waals surface area contributed by atoms with E-state index in [9.17, 15) is 22.8 Å². The van der Waals surface area contributed by atoms with Crippen LogP contribution in [0.5, 0.6) is 0 Å². The van der Waals surface area contributed by atoms with Gasteiger partial charge in [-0.3, -0.25) is 19.0 Å². The number of hydrogen-bond donors (Lipinski definition) is 1. The molecule has 170 valence electrons. The first-order chi connectivity index (χ1) is 15.8. The molecule has 0 spiro atoms. The SMILES string of the molecule is O=C(N[C@@H]1CCN2[C@@H]1C(=O)N(c1ccc(-n3ccccc3=O)cc1)S2(=O)=O)c1ccc(Cl)s1. The lowest BCUT2D eigenvalue weighted by molar-refractivity contribution is -0.119. The molecule has 9 nitrogen and oxygen atoms in total. The fourth-order valence-corrected chi connectivity index (χ4v) is 6.87. The van der Waals surface area contributed by atoms with Gasteiger partial charge in [0.25, 0.3) is 17.4 Å². The van der Waals surface area contributed by atoms with Gasteiger partial charge in [0.15, 0.2) is 0 Å². The highest BCUT2D eigenvalue weighted by Gasteiger charge is 2.57. The second-order valence-electron chi connectivity index (χ2n) is 7.56. The van der Waals surface area contributed by atoms with Crippen LogP contribution < -0.4 is 15.2 Å². The van der Waals surface area contributed by atoms with Crippen molar-refractivity contribution in [1.82, 2.24) is 14.2 Å². The summed E-state index contributed by atoms with van der Waals surface area (Å²) in [6.45, 7) is 0.114. The monoisotopic (exact) mass is 504 g/mol. The van der Waals surface area contributed by atoms with Crippen molar-refractivity contribution >= 4 is 50.6 Å². The second-order valence-corrected chi connectivity index (χ2v) is 11.0. The van der Waals surface area contributed by atoms with E-state index in [1.807, 2.05) is 0 Å². The number of hydrogen-bond acceptors (Lipinski definition) is 6. The van der Waals surface area contributed by atoms with Gasteiger partial charge < -0.3 is 5.32 Å². The maximum atomic E-state index is 13.2. The molecule has 0 unspecified atom stereocenters. The minimum atomic E-state index is -4.10. The van der Waals surface area contributed by atoms with Gasteiger partial charge in [0.1, 0.15) is 6.04 Å². The molecule has 0 bridgehead atoms. The van der Waals surface area contributed by atoms with Crippen molar-refractivity contribution < 1.29 is 18.0 Å². The first kappa shape index (κ1) is 21.8. The van der Waals surface area contributed by atoms with E-state index in [0.29, 0.717) is 21.3 Å². The van der Waals surface area contributed by atoms with Crippen molar-refractivity contribution in [3.63, 3.8) is 0 Å². The van der Waals surface area contributed by atoms with Gasteiger partial charge in [-0.2, -0.15) is 17.0 Å². The quantitative estimate of drug-likeness (QED) is 0.584. The molecule has 2 atom stereocenters. The van der Waals surface area contributed by atoms with E-state index in [2.05, 4.69) is 5.32 Å². The number of thiophene rings is 1. The van der Waals surface area contributed by atoms with Crippen molar-refractivity contribution in [3.05, 3.63) is 80.4 Å². The summed E-state index contributed by atoms with van der Waals surface area (Å²) in [5.74, 6) is -1.04. The van der Waals surface area contributed by atoms with Crippen LogP contribution in [0.1, 0.15) is 16.1 Å². The predicted molar refractivity (Wildman–Crippen MR) is 124 cm³/mol. The molecule has 0 saturated carbocycles. The lowest BCUT2D eigenvalue weighted by Crippen LogP contribution is -2.46. The van der Waals surface area contributed by atoms with Crippen LogP contribution in [0.2, 0.25) is 4.34 Å². The first-order valence-corrected chi connectivity index (χ1v) is 12.6. The molecule has 2 fully saturated rings. The maximum Gasteiger partial charge on any atom is 0.311 e. The molecule has 2 aliphatic heterocycles. The Morgan fingerprint density at radius 3 is 2.42 bits per heavy atom. The number of carbonyl (C=O) groups excluding carboxylic acids is 2. The average molecular weight is 505 g/mol. The highest BCUT2D eigenvalue weighted by atomic mass is 35.5. The largest absolute Gasteiger partial charge is 0.346 e. The molecule has 1 N–H and O–H groups in total. The summed E-state index contributed by atoms with van der Waals surface area (Å²) < 4.78 is 30.0. The molecule has 33 heavy (non-hydrogen) atoms. The Kier molecular flexibility index (Phi) is 5.36. The summed E-state index contributed by atoms with van der Waals surface area (Å²) >= 11 is 6.99. The molecule has 1 aromatic carbocycles. The van der Waals surface area contributed by atoms with Crippen molar-refractivity contribution in [2.45, 2.75) is 18.5 Å². The topological polar surface area (TPSA) is 109 Å². The minimum absolute atomic E-state index is 0.114. The van der Waals surface area contributed by atoms with Crippen molar-refractivity contribution in [3.8, 4) is 5.69 Å². The van der Waals surface area contributed by atoms with Crippen LogP contribution in [0.4, 0.5) is 5.69 Å². The number of aromatic nitrogens is 1. The van der Waals surface area contributed by atoms with Crippen LogP contribution in [0.3, 0.4) is 0 Å². The van der Waals surface area contributed by atoms with Crippen LogP contribution in [0.15, 0.2) is 65.6 Å². The summed E-state index contributed by atoms with van der Waals surface area (Å²) in [5.41, 5.74) is 0.465. The Balaban J connectivity index is 1.41. The minimum Gasteiger partial charge on any atom is -0.346 e. The van der Waals surface area contributed by atoms with Crippen LogP contribution >= 0.6 is 22.9 Å². The molecule has 12 heteroatoms. The lowest BCUT2D eigenvalue weighted by atomic mass is 10.1. The summed E-state index contributed by atoms with van der Waals surface area (Å²) in [6, 6.07) is 12.3.